The number of hydrogen-bond acceptors (Lipinski definition) is 4. The second-order valence-corrected chi connectivity index (χ2v) is 5.93. The van der Waals surface area contributed by atoms with Crippen LogP contribution in [0.4, 0.5) is 0 Å². The van der Waals surface area contributed by atoms with Gasteiger partial charge in [0.1, 0.15) is 0 Å². The summed E-state index contributed by atoms with van der Waals surface area (Å²) in [6.07, 6.45) is 2.08. The number of carbonyl (C=O) groups is 1. The molecule has 1 saturated heterocycles. The number of amides is 1. The van der Waals surface area contributed by atoms with E-state index in [0.717, 1.165) is 25.9 Å². The van der Waals surface area contributed by atoms with E-state index in [1.807, 2.05) is 0 Å². The molecule has 1 aromatic rings. The first-order valence-corrected chi connectivity index (χ1v) is 7.90. The van der Waals surface area contributed by atoms with Crippen molar-refractivity contribution in [1.82, 2.24) is 10.2 Å². The van der Waals surface area contributed by atoms with Gasteiger partial charge in [-0.15, -0.1) is 0 Å². The number of hydrogen-bond donors (Lipinski definition) is 2. The van der Waals surface area contributed by atoms with E-state index < -0.39 is 0 Å². The van der Waals surface area contributed by atoms with Gasteiger partial charge in [-0.1, -0.05) is 0 Å². The van der Waals surface area contributed by atoms with Gasteiger partial charge in [-0.2, -0.15) is 11.3 Å². The zero-order chi connectivity index (χ0) is 13.7. The summed E-state index contributed by atoms with van der Waals surface area (Å²) in [5, 5.41) is 7.22. The number of rotatable bonds is 5. The Bertz CT molecular complexity index is 393. The van der Waals surface area contributed by atoms with Crippen LogP contribution in [0.2, 0.25) is 0 Å². The summed E-state index contributed by atoms with van der Waals surface area (Å²) in [7, 11) is 0. The van der Waals surface area contributed by atoms with Crippen molar-refractivity contribution in [2.24, 2.45) is 11.7 Å². The standard InChI is InChI=1S/C14H23N3OS/c1-11(13-4-8-19-10-13)17-7-2-3-12(9-17)14(18)16-6-5-15/h4,8,10-12H,2-3,5-7,9,15H2,1H3,(H,16,18). The second-order valence-electron chi connectivity index (χ2n) is 5.15. The summed E-state index contributed by atoms with van der Waals surface area (Å²) in [6.45, 7) is 5.25. The lowest BCUT2D eigenvalue weighted by Crippen LogP contribution is -2.44. The quantitative estimate of drug-likeness (QED) is 0.862. The Morgan fingerprint density at radius 1 is 1.68 bits per heavy atom. The van der Waals surface area contributed by atoms with Crippen molar-refractivity contribution in [3.05, 3.63) is 22.4 Å². The average molecular weight is 281 g/mol. The normalized spacial score (nSPS) is 22.1. The lowest BCUT2D eigenvalue weighted by Gasteiger charge is -2.36. The van der Waals surface area contributed by atoms with E-state index in [4.69, 9.17) is 5.73 Å². The predicted octanol–water partition coefficient (Wildman–Crippen LogP) is 1.60. The van der Waals surface area contributed by atoms with Crippen molar-refractivity contribution in [3.8, 4) is 0 Å². The maximum absolute atomic E-state index is 12.0. The molecule has 1 aliphatic rings. The number of likely N-dealkylation sites (tertiary alicyclic amines) is 1. The SMILES string of the molecule is CC(c1ccsc1)N1CCCC(C(=O)NCCN)C1. The highest BCUT2D eigenvalue weighted by molar-refractivity contribution is 7.07. The third-order valence-corrected chi connectivity index (χ3v) is 4.54. The van der Waals surface area contributed by atoms with Crippen molar-refractivity contribution >= 4 is 17.2 Å². The number of nitrogens with zero attached hydrogens (tertiary/aromatic N) is 1. The van der Waals surface area contributed by atoms with Crippen LogP contribution in [0.5, 0.6) is 0 Å². The molecule has 5 heteroatoms. The monoisotopic (exact) mass is 281 g/mol. The molecule has 0 bridgehead atoms. The number of nitrogens with one attached hydrogen (secondary N) is 1. The van der Waals surface area contributed by atoms with E-state index in [9.17, 15) is 4.79 Å². The van der Waals surface area contributed by atoms with Crippen LogP contribution in [0.1, 0.15) is 31.4 Å². The molecule has 106 valence electrons. The minimum atomic E-state index is 0.112. The van der Waals surface area contributed by atoms with Crippen LogP contribution >= 0.6 is 11.3 Å². The van der Waals surface area contributed by atoms with Gasteiger partial charge in [-0.3, -0.25) is 9.69 Å². The summed E-state index contributed by atoms with van der Waals surface area (Å²) >= 11 is 1.73. The van der Waals surface area contributed by atoms with Gasteiger partial charge in [0.25, 0.3) is 0 Å². The lowest BCUT2D eigenvalue weighted by atomic mass is 9.95. The van der Waals surface area contributed by atoms with Crippen LogP contribution in [0.15, 0.2) is 16.8 Å². The number of nitrogens with two attached hydrogens (primary N) is 1. The first-order chi connectivity index (χ1) is 9.22. The van der Waals surface area contributed by atoms with Crippen molar-refractivity contribution in [2.75, 3.05) is 26.2 Å². The van der Waals surface area contributed by atoms with E-state index in [2.05, 4.69) is 34.0 Å². The highest BCUT2D eigenvalue weighted by Gasteiger charge is 2.28. The Morgan fingerprint density at radius 2 is 2.53 bits per heavy atom. The molecule has 19 heavy (non-hydrogen) atoms. The fourth-order valence-electron chi connectivity index (χ4n) is 2.64. The van der Waals surface area contributed by atoms with Gasteiger partial charge in [0.2, 0.25) is 5.91 Å². The van der Waals surface area contributed by atoms with Crippen molar-refractivity contribution < 1.29 is 4.79 Å². The van der Waals surface area contributed by atoms with Gasteiger partial charge in [-0.05, 0) is 48.7 Å². The van der Waals surface area contributed by atoms with Crippen molar-refractivity contribution in [3.63, 3.8) is 0 Å². The first-order valence-electron chi connectivity index (χ1n) is 6.96. The molecule has 0 radical (unpaired) electrons. The van der Waals surface area contributed by atoms with E-state index in [1.54, 1.807) is 11.3 Å². The molecule has 0 saturated carbocycles. The molecule has 0 aromatic carbocycles. The Hall–Kier alpha value is -0.910. The molecule has 2 atom stereocenters. The van der Waals surface area contributed by atoms with Gasteiger partial charge in [0.15, 0.2) is 0 Å². The van der Waals surface area contributed by atoms with Crippen molar-refractivity contribution in [1.29, 1.82) is 0 Å². The maximum Gasteiger partial charge on any atom is 0.224 e. The average Bonchev–Trinajstić information content (AvgIpc) is 2.98. The third-order valence-electron chi connectivity index (χ3n) is 3.84. The van der Waals surface area contributed by atoms with Gasteiger partial charge < -0.3 is 11.1 Å². The molecule has 2 rings (SSSR count). The van der Waals surface area contributed by atoms with Gasteiger partial charge >= 0.3 is 0 Å². The van der Waals surface area contributed by atoms with E-state index in [-0.39, 0.29) is 11.8 Å². The topological polar surface area (TPSA) is 58.4 Å². The van der Waals surface area contributed by atoms with Crippen LogP contribution in [0.25, 0.3) is 0 Å². The number of thiophene rings is 1. The molecule has 4 nitrogen and oxygen atoms in total. The summed E-state index contributed by atoms with van der Waals surface area (Å²) in [6, 6.07) is 2.57. The van der Waals surface area contributed by atoms with Crippen LogP contribution in [0, 0.1) is 5.92 Å². The largest absolute Gasteiger partial charge is 0.355 e. The zero-order valence-corrected chi connectivity index (χ0v) is 12.3. The highest BCUT2D eigenvalue weighted by atomic mass is 32.1. The van der Waals surface area contributed by atoms with Crippen LogP contribution in [-0.4, -0.2) is 37.0 Å². The minimum absolute atomic E-state index is 0.112. The molecular formula is C14H23N3OS. The Balaban J connectivity index is 1.91. The molecule has 1 aliphatic heterocycles. The smallest absolute Gasteiger partial charge is 0.224 e. The maximum atomic E-state index is 12.0. The Kier molecular flexibility index (Phi) is 5.36. The zero-order valence-electron chi connectivity index (χ0n) is 11.5. The molecule has 0 aliphatic carbocycles. The molecule has 2 unspecified atom stereocenters. The molecule has 0 spiro atoms. The molecule has 3 N–H and O–H groups in total. The van der Waals surface area contributed by atoms with E-state index in [1.165, 1.54) is 5.56 Å². The molecule has 1 fully saturated rings. The molecular weight excluding hydrogens is 258 g/mol. The third kappa shape index (κ3) is 3.78. The number of piperidine rings is 1. The van der Waals surface area contributed by atoms with Gasteiger partial charge in [0, 0.05) is 25.7 Å². The van der Waals surface area contributed by atoms with E-state index >= 15 is 0 Å². The molecule has 2 heterocycles. The second kappa shape index (κ2) is 7.03. The first kappa shape index (κ1) is 14.5. The summed E-state index contributed by atoms with van der Waals surface area (Å²) < 4.78 is 0. The van der Waals surface area contributed by atoms with E-state index in [0.29, 0.717) is 19.1 Å². The Labute approximate surface area is 119 Å². The minimum Gasteiger partial charge on any atom is -0.355 e. The molecule has 1 amide bonds. The van der Waals surface area contributed by atoms with Crippen LogP contribution < -0.4 is 11.1 Å². The van der Waals surface area contributed by atoms with Crippen LogP contribution in [0.3, 0.4) is 0 Å². The van der Waals surface area contributed by atoms with Gasteiger partial charge in [-0.25, -0.2) is 0 Å². The fourth-order valence-corrected chi connectivity index (χ4v) is 3.38. The molecule has 1 aromatic heterocycles. The fraction of sp³-hybridized carbons (Fsp3) is 0.643. The Morgan fingerprint density at radius 3 is 3.21 bits per heavy atom. The summed E-state index contributed by atoms with van der Waals surface area (Å²) in [5.74, 6) is 0.272. The predicted molar refractivity (Wildman–Crippen MR) is 79.1 cm³/mol. The number of carbonyl (C=O) groups excluding carboxylic acids is 1. The highest BCUT2D eigenvalue weighted by Crippen LogP contribution is 2.27. The lowest BCUT2D eigenvalue weighted by molar-refractivity contribution is -0.126. The summed E-state index contributed by atoms with van der Waals surface area (Å²) in [5.41, 5.74) is 6.78. The van der Waals surface area contributed by atoms with Crippen molar-refractivity contribution in [2.45, 2.75) is 25.8 Å². The van der Waals surface area contributed by atoms with Crippen LogP contribution in [-0.2, 0) is 4.79 Å². The van der Waals surface area contributed by atoms with Gasteiger partial charge in [0.05, 0.1) is 5.92 Å². The summed E-state index contributed by atoms with van der Waals surface area (Å²) in [4.78, 5) is 14.4.